The summed E-state index contributed by atoms with van der Waals surface area (Å²) in [6.07, 6.45) is 4.72. The third-order valence-corrected chi connectivity index (χ3v) is 10.9. The highest BCUT2D eigenvalue weighted by Gasteiger charge is 2.56. The second-order valence-electron chi connectivity index (χ2n) is 8.41. The van der Waals surface area contributed by atoms with Crippen LogP contribution in [0.1, 0.15) is 33.1 Å². The molecule has 164 valence electrons. The molecular formula is C23H22Cl2O4S2. The van der Waals surface area contributed by atoms with E-state index in [4.69, 9.17) is 23.2 Å². The fourth-order valence-corrected chi connectivity index (χ4v) is 8.31. The van der Waals surface area contributed by atoms with Gasteiger partial charge in [0.2, 0.25) is 19.7 Å². The van der Waals surface area contributed by atoms with Gasteiger partial charge in [-0.05, 0) is 73.2 Å². The molecule has 2 aliphatic carbocycles. The van der Waals surface area contributed by atoms with Gasteiger partial charge in [-0.2, -0.15) is 0 Å². The minimum Gasteiger partial charge on any atom is -0.219 e. The normalized spacial score (nSPS) is 25.8. The van der Waals surface area contributed by atoms with Gasteiger partial charge >= 0.3 is 0 Å². The molecular weight excluding hydrogens is 475 g/mol. The van der Waals surface area contributed by atoms with Gasteiger partial charge in [-0.1, -0.05) is 49.2 Å². The molecule has 0 radical (unpaired) electrons. The minimum atomic E-state index is -3.68. The van der Waals surface area contributed by atoms with Crippen molar-refractivity contribution in [1.29, 1.82) is 0 Å². The van der Waals surface area contributed by atoms with Crippen LogP contribution in [0.4, 0.5) is 0 Å². The molecule has 2 aromatic rings. The number of sulfone groups is 2. The second-order valence-corrected chi connectivity index (χ2v) is 13.3. The number of hydrogen-bond donors (Lipinski definition) is 0. The summed E-state index contributed by atoms with van der Waals surface area (Å²) in [5.41, 5.74) is -1.18. The second kappa shape index (κ2) is 7.48. The first-order valence-electron chi connectivity index (χ1n) is 9.88. The first-order chi connectivity index (χ1) is 14.4. The van der Waals surface area contributed by atoms with Crippen molar-refractivity contribution in [2.75, 3.05) is 0 Å². The highest BCUT2D eigenvalue weighted by molar-refractivity contribution is 7.95. The van der Waals surface area contributed by atoms with Crippen LogP contribution in [0.15, 0.2) is 80.3 Å². The maximum Gasteiger partial charge on any atom is 0.202 e. The van der Waals surface area contributed by atoms with Gasteiger partial charge in [-0.3, -0.25) is 0 Å². The molecule has 0 spiro atoms. The Balaban J connectivity index is 1.77. The molecule has 0 unspecified atom stereocenters. The Bertz CT molecular complexity index is 1210. The van der Waals surface area contributed by atoms with Crippen molar-refractivity contribution in [3.05, 3.63) is 80.5 Å². The van der Waals surface area contributed by atoms with E-state index in [0.29, 0.717) is 39.1 Å². The van der Waals surface area contributed by atoms with Gasteiger partial charge in [0.05, 0.1) is 9.79 Å². The Morgan fingerprint density at radius 3 is 1.39 bits per heavy atom. The summed E-state index contributed by atoms with van der Waals surface area (Å²) in [7, 11) is -7.37. The number of fused-ring (bicyclic) bond motifs is 1. The lowest BCUT2D eigenvalue weighted by molar-refractivity contribution is 0.178. The Kier molecular flexibility index (Phi) is 5.45. The van der Waals surface area contributed by atoms with Crippen LogP contribution in [0.3, 0.4) is 0 Å². The Morgan fingerprint density at radius 2 is 1.10 bits per heavy atom. The third kappa shape index (κ3) is 3.58. The molecule has 0 fully saturated rings. The number of halogens is 2. The smallest absolute Gasteiger partial charge is 0.202 e. The molecule has 4 rings (SSSR count). The molecule has 31 heavy (non-hydrogen) atoms. The predicted molar refractivity (Wildman–Crippen MR) is 124 cm³/mol. The van der Waals surface area contributed by atoms with Gasteiger partial charge in [0.25, 0.3) is 0 Å². The predicted octanol–water partition coefficient (Wildman–Crippen LogP) is 6.22. The number of allylic oxidation sites excluding steroid dienone is 4. The number of hydrogen-bond acceptors (Lipinski definition) is 4. The van der Waals surface area contributed by atoms with E-state index in [1.807, 2.05) is 13.8 Å². The van der Waals surface area contributed by atoms with Crippen LogP contribution >= 0.6 is 23.2 Å². The monoisotopic (exact) mass is 496 g/mol. The van der Waals surface area contributed by atoms with Crippen molar-refractivity contribution < 1.29 is 16.8 Å². The minimum absolute atomic E-state index is 0.191. The summed E-state index contributed by atoms with van der Waals surface area (Å²) in [6.45, 7) is 3.90. The van der Waals surface area contributed by atoms with Crippen LogP contribution in [0.2, 0.25) is 10.0 Å². The van der Waals surface area contributed by atoms with Gasteiger partial charge in [0.1, 0.15) is 0 Å². The number of benzene rings is 2. The molecule has 0 heterocycles. The average molecular weight is 497 g/mol. The highest BCUT2D eigenvalue weighted by atomic mass is 35.5. The molecule has 2 aromatic carbocycles. The molecule has 0 saturated heterocycles. The van der Waals surface area contributed by atoms with Crippen LogP contribution in [0, 0.1) is 10.8 Å². The molecule has 8 heteroatoms. The summed E-state index contributed by atoms with van der Waals surface area (Å²) < 4.78 is 53.0. The molecule has 0 aliphatic heterocycles. The highest BCUT2D eigenvalue weighted by Crippen LogP contribution is 2.64. The van der Waals surface area contributed by atoms with Crippen LogP contribution in [-0.2, 0) is 19.7 Å². The molecule has 0 aromatic heterocycles. The van der Waals surface area contributed by atoms with Crippen molar-refractivity contribution in [3.8, 4) is 0 Å². The molecule has 0 amide bonds. The molecule has 0 N–H and O–H groups in total. The first kappa shape index (κ1) is 22.6. The van der Waals surface area contributed by atoms with Gasteiger partial charge < -0.3 is 0 Å². The maximum absolute atomic E-state index is 13.2. The molecule has 0 saturated carbocycles. The Hall–Kier alpha value is -1.60. The van der Waals surface area contributed by atoms with Crippen molar-refractivity contribution in [2.24, 2.45) is 10.8 Å². The van der Waals surface area contributed by atoms with Gasteiger partial charge in [0.15, 0.2) is 0 Å². The first-order valence-corrected chi connectivity index (χ1v) is 13.6. The van der Waals surface area contributed by atoms with Crippen molar-refractivity contribution in [2.45, 2.75) is 42.9 Å². The largest absolute Gasteiger partial charge is 0.219 e. The third-order valence-electron chi connectivity index (χ3n) is 6.70. The van der Waals surface area contributed by atoms with E-state index in [0.717, 1.165) is 0 Å². The van der Waals surface area contributed by atoms with E-state index >= 15 is 0 Å². The zero-order valence-electron chi connectivity index (χ0n) is 17.1. The van der Waals surface area contributed by atoms with Gasteiger partial charge in [-0.25, -0.2) is 16.8 Å². The van der Waals surface area contributed by atoms with Gasteiger partial charge in [0, 0.05) is 25.3 Å². The zero-order chi connectivity index (χ0) is 22.7. The quantitative estimate of drug-likeness (QED) is 0.492. The molecule has 2 aliphatic rings. The Morgan fingerprint density at radius 1 is 0.742 bits per heavy atom. The van der Waals surface area contributed by atoms with E-state index in [2.05, 4.69) is 0 Å². The van der Waals surface area contributed by atoms with Crippen LogP contribution < -0.4 is 0 Å². The summed E-state index contributed by atoms with van der Waals surface area (Å²) in [6, 6.07) is 12.2. The van der Waals surface area contributed by atoms with Crippen LogP contribution in [-0.4, -0.2) is 16.8 Å². The van der Waals surface area contributed by atoms with Crippen LogP contribution in [0.5, 0.6) is 0 Å². The summed E-state index contributed by atoms with van der Waals surface area (Å²) in [5, 5.41) is 0.932. The van der Waals surface area contributed by atoms with E-state index in [9.17, 15) is 16.8 Å². The lowest BCUT2D eigenvalue weighted by atomic mass is 9.67. The molecule has 4 nitrogen and oxygen atoms in total. The fourth-order valence-electron chi connectivity index (χ4n) is 4.74. The van der Waals surface area contributed by atoms with E-state index in [1.165, 1.54) is 24.3 Å². The van der Waals surface area contributed by atoms with Crippen LogP contribution in [0.25, 0.3) is 0 Å². The SMILES string of the molecule is CCC12CC(S(=O)(=O)c3ccc(Cl)cc3)=CC1(C)C=C(S(=O)(=O)c1ccc(Cl)cc1)C2. The summed E-state index contributed by atoms with van der Waals surface area (Å²) in [4.78, 5) is 1.05. The maximum atomic E-state index is 13.2. The fraction of sp³-hybridized carbons (Fsp3) is 0.304. The lowest BCUT2D eigenvalue weighted by Gasteiger charge is -2.36. The summed E-state index contributed by atoms with van der Waals surface area (Å²) >= 11 is 11.8. The van der Waals surface area contributed by atoms with Crippen molar-refractivity contribution in [3.63, 3.8) is 0 Å². The van der Waals surface area contributed by atoms with Crippen molar-refractivity contribution >= 4 is 42.9 Å². The average Bonchev–Trinajstić information content (AvgIpc) is 3.17. The number of rotatable bonds is 5. The zero-order valence-corrected chi connectivity index (χ0v) is 20.2. The van der Waals surface area contributed by atoms with E-state index in [1.54, 1.807) is 36.4 Å². The van der Waals surface area contributed by atoms with E-state index < -0.39 is 30.5 Å². The van der Waals surface area contributed by atoms with Crippen molar-refractivity contribution in [1.82, 2.24) is 0 Å². The molecule has 0 bridgehead atoms. The lowest BCUT2D eigenvalue weighted by Crippen LogP contribution is -2.29. The Labute approximate surface area is 193 Å². The standard InChI is InChI=1S/C23H22Cl2O4S2/c1-3-23-14-20(30(26,27)18-8-4-16(24)5-9-18)12-22(23,2)13-21(15-23)31(28,29)19-10-6-17(25)7-11-19/h4-13H,3,14-15H2,1-2H3. The topological polar surface area (TPSA) is 68.3 Å². The molecule has 0 atom stereocenters. The van der Waals surface area contributed by atoms with Gasteiger partial charge in [-0.15, -0.1) is 0 Å². The summed E-state index contributed by atoms with van der Waals surface area (Å²) in [5.74, 6) is 0. The van der Waals surface area contributed by atoms with E-state index in [-0.39, 0.29) is 9.79 Å².